The summed E-state index contributed by atoms with van der Waals surface area (Å²) < 4.78 is 22.3. The van der Waals surface area contributed by atoms with Crippen LogP contribution in [0.15, 0.2) is 30.3 Å². The number of fused-ring (bicyclic) bond motifs is 1. The lowest BCUT2D eigenvalue weighted by atomic mass is 9.93. The van der Waals surface area contributed by atoms with E-state index in [0.29, 0.717) is 11.1 Å². The van der Waals surface area contributed by atoms with Crippen molar-refractivity contribution in [2.45, 2.75) is 49.3 Å². The Balaban J connectivity index is 1.66. The van der Waals surface area contributed by atoms with Crippen LogP contribution in [0.5, 0.6) is 28.7 Å². The van der Waals surface area contributed by atoms with Crippen molar-refractivity contribution in [1.29, 1.82) is 0 Å². The van der Waals surface area contributed by atoms with Crippen molar-refractivity contribution in [1.82, 2.24) is 0 Å². The number of carbonyl (C=O) groups is 1. The fraction of sp³-hybridized carbons (Fsp3) is 0.409. The van der Waals surface area contributed by atoms with Gasteiger partial charge in [0.15, 0.2) is 23.7 Å². The molecule has 1 saturated heterocycles. The molecule has 4 rings (SSSR count). The van der Waals surface area contributed by atoms with Gasteiger partial charge in [0.1, 0.15) is 41.7 Å². The molecular weight excluding hydrogens is 456 g/mol. The molecule has 12 heteroatoms. The summed E-state index contributed by atoms with van der Waals surface area (Å²) in [5.41, 5.74) is 0.887. The Morgan fingerprint density at radius 2 is 1.74 bits per heavy atom. The van der Waals surface area contributed by atoms with Gasteiger partial charge in [-0.25, -0.2) is 4.79 Å². The van der Waals surface area contributed by atoms with E-state index in [1.165, 1.54) is 31.4 Å². The van der Waals surface area contributed by atoms with Gasteiger partial charge in [0.05, 0.1) is 0 Å². The smallest absolute Gasteiger partial charge is 0.335 e. The second kappa shape index (κ2) is 9.16. The maximum Gasteiger partial charge on any atom is 0.335 e. The lowest BCUT2D eigenvalue weighted by molar-refractivity contribution is -0.271. The van der Waals surface area contributed by atoms with Crippen molar-refractivity contribution < 1.29 is 59.5 Å². The van der Waals surface area contributed by atoms with Gasteiger partial charge < -0.3 is 54.7 Å². The van der Waals surface area contributed by atoms with Crippen LogP contribution in [0.25, 0.3) is 0 Å². The molecular formula is C22H24O12. The standard InChI is InChI=1S/C22H24O12/c1-31-15-7-10-13(32-19(15)8-2-3-11(24)12(25)4-8)5-9(23)6-14(10)33-22-18(28)16(26)17(27)20(34-22)21(29)30/h2-6,15-20,22-28H,7H2,1H3,(H,29,30)/t15?,16-,17-,18+,19?,20-,22+/m0/s1. The number of ether oxygens (including phenoxy) is 4. The number of carboxylic acid groups (broad SMARTS) is 1. The molecule has 0 bridgehead atoms. The summed E-state index contributed by atoms with van der Waals surface area (Å²) in [6, 6.07) is 6.68. The van der Waals surface area contributed by atoms with E-state index in [1.54, 1.807) is 6.07 Å². The van der Waals surface area contributed by atoms with Crippen LogP contribution in [0.1, 0.15) is 17.2 Å². The first kappa shape index (κ1) is 23.9. The Morgan fingerprint density at radius 3 is 2.38 bits per heavy atom. The van der Waals surface area contributed by atoms with E-state index in [1.807, 2.05) is 0 Å². The van der Waals surface area contributed by atoms with Crippen molar-refractivity contribution in [2.24, 2.45) is 0 Å². The first-order valence-corrected chi connectivity index (χ1v) is 10.3. The van der Waals surface area contributed by atoms with Gasteiger partial charge in [-0.3, -0.25) is 0 Å². The van der Waals surface area contributed by atoms with Crippen molar-refractivity contribution >= 4 is 5.97 Å². The summed E-state index contributed by atoms with van der Waals surface area (Å²) in [5.74, 6) is -2.34. The zero-order chi connectivity index (χ0) is 24.7. The minimum absolute atomic E-state index is 0.0270. The molecule has 2 aromatic carbocycles. The Kier molecular flexibility index (Phi) is 6.43. The lowest BCUT2D eigenvalue weighted by Crippen LogP contribution is -2.61. The Morgan fingerprint density at radius 1 is 1.00 bits per heavy atom. The van der Waals surface area contributed by atoms with E-state index < -0.39 is 48.9 Å². The van der Waals surface area contributed by atoms with Crippen LogP contribution in [-0.2, 0) is 20.7 Å². The van der Waals surface area contributed by atoms with Crippen LogP contribution in [0, 0.1) is 0 Å². The van der Waals surface area contributed by atoms with Gasteiger partial charge in [-0.05, 0) is 17.7 Å². The van der Waals surface area contributed by atoms with Gasteiger partial charge >= 0.3 is 5.97 Å². The summed E-state index contributed by atoms with van der Waals surface area (Å²) in [7, 11) is 1.44. The average molecular weight is 480 g/mol. The number of phenolic OH excluding ortho intramolecular Hbond substituents is 3. The summed E-state index contributed by atoms with van der Waals surface area (Å²) >= 11 is 0. The van der Waals surface area contributed by atoms with E-state index in [4.69, 9.17) is 18.9 Å². The fourth-order valence-corrected chi connectivity index (χ4v) is 4.02. The maximum atomic E-state index is 11.4. The van der Waals surface area contributed by atoms with Crippen molar-refractivity contribution in [2.75, 3.05) is 7.11 Å². The summed E-state index contributed by atoms with van der Waals surface area (Å²) in [5, 5.41) is 69.0. The average Bonchev–Trinajstić information content (AvgIpc) is 2.80. The molecule has 184 valence electrons. The Labute approximate surface area is 192 Å². The first-order chi connectivity index (χ1) is 16.1. The maximum absolute atomic E-state index is 11.4. The van der Waals surface area contributed by atoms with Gasteiger partial charge in [0.2, 0.25) is 6.29 Å². The van der Waals surface area contributed by atoms with E-state index in [0.717, 1.165) is 0 Å². The lowest BCUT2D eigenvalue weighted by Gasteiger charge is -2.39. The molecule has 2 aliphatic heterocycles. The molecule has 1 fully saturated rings. The number of aliphatic carboxylic acids is 1. The second-order valence-electron chi connectivity index (χ2n) is 8.04. The van der Waals surface area contributed by atoms with Gasteiger partial charge in [0.25, 0.3) is 0 Å². The fourth-order valence-electron chi connectivity index (χ4n) is 4.02. The molecule has 0 spiro atoms. The number of rotatable bonds is 5. The number of aliphatic hydroxyl groups excluding tert-OH is 3. The van der Waals surface area contributed by atoms with Crippen LogP contribution < -0.4 is 9.47 Å². The van der Waals surface area contributed by atoms with Crippen molar-refractivity contribution in [3.05, 3.63) is 41.5 Å². The van der Waals surface area contributed by atoms with Crippen LogP contribution in [0.3, 0.4) is 0 Å². The minimum Gasteiger partial charge on any atom is -0.508 e. The first-order valence-electron chi connectivity index (χ1n) is 10.3. The number of hydrogen-bond donors (Lipinski definition) is 7. The number of phenols is 3. The molecule has 12 nitrogen and oxygen atoms in total. The Hall–Kier alpha value is -3.29. The molecule has 7 N–H and O–H groups in total. The molecule has 0 amide bonds. The minimum atomic E-state index is -1.88. The van der Waals surface area contributed by atoms with Gasteiger partial charge in [-0.2, -0.15) is 0 Å². The number of benzene rings is 2. The molecule has 7 atom stereocenters. The van der Waals surface area contributed by atoms with Gasteiger partial charge in [-0.1, -0.05) is 6.07 Å². The quantitative estimate of drug-likeness (QED) is 0.278. The van der Waals surface area contributed by atoms with Crippen LogP contribution in [0.2, 0.25) is 0 Å². The molecule has 2 unspecified atom stereocenters. The van der Waals surface area contributed by atoms with Crippen LogP contribution in [-0.4, -0.2) is 85.6 Å². The van der Waals surface area contributed by atoms with E-state index >= 15 is 0 Å². The monoisotopic (exact) mass is 480 g/mol. The predicted octanol–water partition coefficient (Wildman–Crippen LogP) is -0.234. The highest BCUT2D eigenvalue weighted by Crippen LogP contribution is 2.44. The molecule has 34 heavy (non-hydrogen) atoms. The van der Waals surface area contributed by atoms with Crippen molar-refractivity contribution in [3.8, 4) is 28.7 Å². The van der Waals surface area contributed by atoms with Crippen LogP contribution in [0.4, 0.5) is 0 Å². The summed E-state index contributed by atoms with van der Waals surface area (Å²) in [6.07, 6.45) is -10.2. The van der Waals surface area contributed by atoms with E-state index in [-0.39, 0.29) is 35.2 Å². The molecule has 0 saturated carbocycles. The molecule has 0 aliphatic carbocycles. The van der Waals surface area contributed by atoms with E-state index in [2.05, 4.69) is 0 Å². The number of carboxylic acids is 1. The highest BCUT2D eigenvalue weighted by atomic mass is 16.7. The topological polar surface area (TPSA) is 196 Å². The third-order valence-corrected chi connectivity index (χ3v) is 5.84. The van der Waals surface area contributed by atoms with Gasteiger partial charge in [0, 0.05) is 31.2 Å². The SMILES string of the molecule is COC1Cc2c(cc(O)cc2O[C@@H]2O[C@H](C(=O)O)[C@@H](O)[C@H](O)[C@H]2O)OC1c1ccc(O)c(O)c1. The normalized spacial score (nSPS) is 30.8. The number of aliphatic hydroxyl groups is 3. The summed E-state index contributed by atoms with van der Waals surface area (Å²) in [6.45, 7) is 0. The number of hydrogen-bond acceptors (Lipinski definition) is 11. The Bertz CT molecular complexity index is 1070. The third-order valence-electron chi connectivity index (χ3n) is 5.84. The number of aromatic hydroxyl groups is 3. The molecule has 2 heterocycles. The third kappa shape index (κ3) is 4.29. The zero-order valence-electron chi connectivity index (χ0n) is 17.8. The highest BCUT2D eigenvalue weighted by molar-refractivity contribution is 5.73. The summed E-state index contributed by atoms with van der Waals surface area (Å²) in [4.78, 5) is 11.4. The predicted molar refractivity (Wildman–Crippen MR) is 111 cm³/mol. The highest BCUT2D eigenvalue weighted by Gasteiger charge is 2.48. The zero-order valence-corrected chi connectivity index (χ0v) is 17.8. The second-order valence-corrected chi connectivity index (χ2v) is 8.04. The molecule has 0 radical (unpaired) electrons. The van der Waals surface area contributed by atoms with E-state index in [9.17, 15) is 40.5 Å². The van der Waals surface area contributed by atoms with Gasteiger partial charge in [-0.15, -0.1) is 0 Å². The molecule has 0 aromatic heterocycles. The largest absolute Gasteiger partial charge is 0.508 e. The number of methoxy groups -OCH3 is 1. The molecule has 2 aromatic rings. The molecule has 2 aliphatic rings. The van der Waals surface area contributed by atoms with Crippen molar-refractivity contribution in [3.63, 3.8) is 0 Å². The van der Waals surface area contributed by atoms with Crippen LogP contribution >= 0.6 is 0 Å².